The lowest BCUT2D eigenvalue weighted by Crippen LogP contribution is -2.53. The van der Waals surface area contributed by atoms with Crippen LogP contribution in [0.1, 0.15) is 24.2 Å². The molecule has 2 aliphatic heterocycles. The number of piperidine rings is 1. The summed E-state index contributed by atoms with van der Waals surface area (Å²) in [6, 6.07) is 3.62. The summed E-state index contributed by atoms with van der Waals surface area (Å²) in [5.41, 5.74) is 1.33. The van der Waals surface area contributed by atoms with Gasteiger partial charge < -0.3 is 14.6 Å². The van der Waals surface area contributed by atoms with E-state index in [9.17, 15) is 4.79 Å². The highest BCUT2D eigenvalue weighted by Crippen LogP contribution is 2.40. The van der Waals surface area contributed by atoms with E-state index in [-0.39, 0.29) is 5.91 Å². The Morgan fingerprint density at radius 2 is 2.17 bits per heavy atom. The lowest BCUT2D eigenvalue weighted by molar-refractivity contribution is -0.170. The van der Waals surface area contributed by atoms with Gasteiger partial charge in [0.1, 0.15) is 11.4 Å². The van der Waals surface area contributed by atoms with Crippen LogP contribution in [0.25, 0.3) is 0 Å². The van der Waals surface area contributed by atoms with Crippen molar-refractivity contribution in [3.8, 4) is 0 Å². The number of pyridine rings is 1. The molecule has 5 heterocycles. The van der Waals surface area contributed by atoms with E-state index >= 15 is 0 Å². The minimum atomic E-state index is -0.572. The number of fused-ring (bicyclic) bond motifs is 2. The van der Waals surface area contributed by atoms with Gasteiger partial charge >= 0.3 is 0 Å². The second-order valence-electron chi connectivity index (χ2n) is 8.03. The van der Waals surface area contributed by atoms with Gasteiger partial charge in [0.05, 0.1) is 24.6 Å². The zero-order valence-electron chi connectivity index (χ0n) is 16.9. The van der Waals surface area contributed by atoms with Gasteiger partial charge in [0.2, 0.25) is 0 Å². The van der Waals surface area contributed by atoms with Crippen LogP contribution in [0.2, 0.25) is 0 Å². The molecule has 1 unspecified atom stereocenters. The van der Waals surface area contributed by atoms with Crippen molar-refractivity contribution in [3.63, 3.8) is 0 Å². The number of rotatable bonds is 4. The third kappa shape index (κ3) is 3.61. The number of imidazole rings is 1. The summed E-state index contributed by atoms with van der Waals surface area (Å²) in [7, 11) is 1.93. The van der Waals surface area contributed by atoms with Crippen molar-refractivity contribution in [2.24, 2.45) is 7.05 Å². The third-order valence-corrected chi connectivity index (χ3v) is 5.90. The standard InChI is InChI=1S/C21H25N7O2/c1-26-13-16(11-24-26)14-27-8-4-21(5-9-27)20-23-7-10-28(20)15-18(30-21)19(29)25-17-3-2-6-22-12-17/h2-3,6-7,10-13,18H,4-5,8-9,14-15H2,1H3,(H,25,29). The van der Waals surface area contributed by atoms with E-state index in [1.807, 2.05) is 36.4 Å². The number of nitrogens with one attached hydrogen (secondary N) is 1. The smallest absolute Gasteiger partial charge is 0.255 e. The average molecular weight is 407 g/mol. The SMILES string of the molecule is Cn1cc(CN2CCC3(CC2)OC(C(=O)Nc2cccnc2)Cn2ccnc23)cn1. The van der Waals surface area contributed by atoms with Crippen LogP contribution in [0, 0.1) is 0 Å². The van der Waals surface area contributed by atoms with Crippen molar-refractivity contribution in [1.29, 1.82) is 0 Å². The largest absolute Gasteiger partial charge is 0.352 e. The van der Waals surface area contributed by atoms with Gasteiger partial charge in [-0.05, 0) is 25.0 Å². The first-order valence-corrected chi connectivity index (χ1v) is 10.2. The summed E-state index contributed by atoms with van der Waals surface area (Å²) in [6.45, 7) is 3.07. The molecule has 1 saturated heterocycles. The molecule has 9 heteroatoms. The fourth-order valence-electron chi connectivity index (χ4n) is 4.42. The van der Waals surface area contributed by atoms with Crippen LogP contribution < -0.4 is 5.32 Å². The second-order valence-corrected chi connectivity index (χ2v) is 8.03. The summed E-state index contributed by atoms with van der Waals surface area (Å²) < 4.78 is 10.4. The lowest BCUT2D eigenvalue weighted by atomic mass is 9.88. The fraction of sp³-hybridized carbons (Fsp3) is 0.429. The molecule has 9 nitrogen and oxygen atoms in total. The first-order chi connectivity index (χ1) is 14.6. The normalized spacial score (nSPS) is 20.8. The van der Waals surface area contributed by atoms with Gasteiger partial charge in [-0.25, -0.2) is 4.98 Å². The Balaban J connectivity index is 1.30. The Labute approximate surface area is 174 Å². The number of hydrogen-bond donors (Lipinski definition) is 1. The van der Waals surface area contributed by atoms with Crippen LogP contribution in [0.4, 0.5) is 5.69 Å². The molecule has 2 aliphatic rings. The maximum atomic E-state index is 12.9. The van der Waals surface area contributed by atoms with Crippen molar-refractivity contribution in [2.75, 3.05) is 18.4 Å². The number of hydrogen-bond acceptors (Lipinski definition) is 6. The summed E-state index contributed by atoms with van der Waals surface area (Å²) in [5, 5.41) is 7.18. The highest BCUT2D eigenvalue weighted by Gasteiger charge is 2.47. The van der Waals surface area contributed by atoms with Gasteiger partial charge in [-0.3, -0.25) is 19.4 Å². The molecule has 1 fully saturated rings. The summed E-state index contributed by atoms with van der Waals surface area (Å²) in [5.74, 6) is 0.772. The van der Waals surface area contributed by atoms with E-state index in [0.29, 0.717) is 12.2 Å². The Hall–Kier alpha value is -3.04. The number of carbonyl (C=O) groups is 1. The van der Waals surface area contributed by atoms with E-state index in [4.69, 9.17) is 4.74 Å². The Bertz CT molecular complexity index is 1020. The molecule has 1 spiro atoms. The molecular weight excluding hydrogens is 382 g/mol. The van der Waals surface area contributed by atoms with Crippen molar-refractivity contribution in [2.45, 2.75) is 37.6 Å². The number of aromatic nitrogens is 5. The molecule has 0 aromatic carbocycles. The van der Waals surface area contributed by atoms with Crippen molar-refractivity contribution in [1.82, 2.24) is 29.2 Å². The molecule has 0 radical (unpaired) electrons. The van der Waals surface area contributed by atoms with Crippen LogP contribution >= 0.6 is 0 Å². The van der Waals surface area contributed by atoms with Crippen LogP contribution in [0.3, 0.4) is 0 Å². The third-order valence-electron chi connectivity index (χ3n) is 5.90. The van der Waals surface area contributed by atoms with Gasteiger partial charge in [0, 0.05) is 57.0 Å². The summed E-state index contributed by atoms with van der Waals surface area (Å²) in [6.07, 6.45) is 12.0. The molecule has 1 N–H and O–H groups in total. The second kappa shape index (κ2) is 7.66. The number of aryl methyl sites for hydroxylation is 1. The van der Waals surface area contributed by atoms with Gasteiger partial charge in [0.25, 0.3) is 5.91 Å². The lowest BCUT2D eigenvalue weighted by Gasteiger charge is -2.45. The highest BCUT2D eigenvalue weighted by atomic mass is 16.5. The molecule has 3 aromatic rings. The minimum absolute atomic E-state index is 0.153. The maximum Gasteiger partial charge on any atom is 0.255 e. The number of nitrogens with zero attached hydrogens (tertiary/aromatic N) is 6. The first kappa shape index (κ1) is 19.0. The average Bonchev–Trinajstić information content (AvgIpc) is 3.40. The zero-order valence-corrected chi connectivity index (χ0v) is 16.9. The quantitative estimate of drug-likeness (QED) is 0.706. The van der Waals surface area contributed by atoms with Crippen molar-refractivity contribution in [3.05, 3.63) is 60.7 Å². The van der Waals surface area contributed by atoms with Crippen LogP contribution in [-0.2, 0) is 35.3 Å². The molecule has 156 valence electrons. The van der Waals surface area contributed by atoms with Crippen LogP contribution in [0.15, 0.2) is 49.3 Å². The van der Waals surface area contributed by atoms with Gasteiger partial charge in [-0.1, -0.05) is 0 Å². The molecule has 1 amide bonds. The zero-order chi connectivity index (χ0) is 20.6. The predicted molar refractivity (Wildman–Crippen MR) is 109 cm³/mol. The predicted octanol–water partition coefficient (Wildman–Crippen LogP) is 1.54. The fourth-order valence-corrected chi connectivity index (χ4v) is 4.42. The monoisotopic (exact) mass is 407 g/mol. The number of ether oxygens (including phenoxy) is 1. The minimum Gasteiger partial charge on any atom is -0.352 e. The number of amides is 1. The molecule has 1 atom stereocenters. The number of anilines is 1. The Morgan fingerprint density at radius 1 is 1.30 bits per heavy atom. The van der Waals surface area contributed by atoms with Crippen LogP contribution in [0.5, 0.6) is 0 Å². The molecular formula is C21H25N7O2. The van der Waals surface area contributed by atoms with E-state index in [2.05, 4.69) is 29.9 Å². The maximum absolute atomic E-state index is 12.9. The summed E-state index contributed by atoms with van der Waals surface area (Å²) >= 11 is 0. The molecule has 3 aromatic heterocycles. The van der Waals surface area contributed by atoms with E-state index in [1.54, 1.807) is 24.7 Å². The van der Waals surface area contributed by atoms with Gasteiger partial charge in [-0.15, -0.1) is 0 Å². The molecule has 0 saturated carbocycles. The van der Waals surface area contributed by atoms with E-state index < -0.39 is 11.7 Å². The first-order valence-electron chi connectivity index (χ1n) is 10.2. The Morgan fingerprint density at radius 3 is 2.90 bits per heavy atom. The molecule has 5 rings (SSSR count). The number of likely N-dealkylation sites (tertiary alicyclic amines) is 1. The van der Waals surface area contributed by atoms with Crippen molar-refractivity contribution < 1.29 is 9.53 Å². The molecule has 0 bridgehead atoms. The number of carbonyl (C=O) groups excluding carboxylic acids is 1. The topological polar surface area (TPSA) is 90.1 Å². The van der Waals surface area contributed by atoms with E-state index in [0.717, 1.165) is 38.3 Å². The van der Waals surface area contributed by atoms with E-state index in [1.165, 1.54) is 5.56 Å². The molecule has 30 heavy (non-hydrogen) atoms. The highest BCUT2D eigenvalue weighted by molar-refractivity contribution is 5.94. The Kier molecular flexibility index (Phi) is 4.84. The molecule has 0 aliphatic carbocycles. The van der Waals surface area contributed by atoms with Gasteiger partial charge in [-0.2, -0.15) is 5.10 Å². The van der Waals surface area contributed by atoms with Crippen molar-refractivity contribution >= 4 is 11.6 Å². The van der Waals surface area contributed by atoms with Gasteiger partial charge in [0.15, 0.2) is 6.10 Å². The van der Waals surface area contributed by atoms with Crippen LogP contribution in [-0.4, -0.2) is 54.3 Å². The summed E-state index contributed by atoms with van der Waals surface area (Å²) in [4.78, 5) is 24.0.